The van der Waals surface area contributed by atoms with Gasteiger partial charge in [-0.2, -0.15) is 52.7 Å². The van der Waals surface area contributed by atoms with Crippen LogP contribution in [-0.2, 0) is 24.7 Å². The summed E-state index contributed by atoms with van der Waals surface area (Å²) in [5, 5.41) is 0. The quantitative estimate of drug-likeness (QED) is 0.0627. The van der Waals surface area contributed by atoms with Crippen LogP contribution < -0.4 is 30.2 Å². The lowest BCUT2D eigenvalue weighted by Crippen LogP contribution is -2.58. The number of alkyl halides is 12. The van der Waals surface area contributed by atoms with Crippen LogP contribution in [0.2, 0.25) is 0 Å². The Morgan fingerprint density at radius 1 is 0.212 bits per heavy atom. The van der Waals surface area contributed by atoms with Crippen molar-refractivity contribution in [2.75, 3.05) is 19.2 Å². The Kier molecular flexibility index (Phi) is 21.3. The van der Waals surface area contributed by atoms with E-state index < -0.39 is 60.9 Å². The Morgan fingerprint density at radius 2 is 0.356 bits per heavy atom. The van der Waals surface area contributed by atoms with E-state index in [-0.39, 0.29) is 47.3 Å². The van der Waals surface area contributed by atoms with E-state index in [0.717, 1.165) is 116 Å². The van der Waals surface area contributed by atoms with Crippen molar-refractivity contribution in [3.63, 3.8) is 0 Å². The summed E-state index contributed by atoms with van der Waals surface area (Å²) in [6.45, 7) is 31.1. The molecule has 0 saturated heterocycles. The number of hydrogen-bond acceptors (Lipinski definition) is 4. The molecule has 0 saturated carbocycles. The van der Waals surface area contributed by atoms with Crippen LogP contribution in [0.5, 0.6) is 0 Å². The van der Waals surface area contributed by atoms with Crippen molar-refractivity contribution in [3.8, 4) is 0 Å². The molecule has 0 spiro atoms. The average Bonchev–Trinajstić information content (AvgIpc) is 1.55. The topological polar surface area (TPSA) is 13.0 Å². The van der Waals surface area contributed by atoms with E-state index in [1.165, 1.54) is 48.5 Å². The molecule has 2 aliphatic heterocycles. The normalized spacial score (nSPS) is 14.5. The molecule has 0 aliphatic carbocycles. The minimum absolute atomic E-state index is 0.170. The van der Waals surface area contributed by atoms with Gasteiger partial charge in [-0.15, -0.1) is 0 Å². The van der Waals surface area contributed by atoms with Crippen LogP contribution in [0.4, 0.5) is 75.4 Å². The molecule has 542 valence electrons. The van der Waals surface area contributed by atoms with Crippen molar-refractivity contribution in [2.24, 2.45) is 0 Å². The van der Waals surface area contributed by atoms with Crippen LogP contribution >= 0.6 is 0 Å². The second-order valence-corrected chi connectivity index (χ2v) is 30.0. The number of anilines is 4. The molecule has 18 heteroatoms. The predicted octanol–water partition coefficient (Wildman–Crippen LogP) is 25.2. The van der Waals surface area contributed by atoms with Gasteiger partial charge in [-0.25, -0.2) is 0 Å². The molecule has 0 radical (unpaired) electrons. The predicted molar refractivity (Wildman–Crippen MR) is 405 cm³/mol. The second-order valence-electron chi connectivity index (χ2n) is 30.0. The van der Waals surface area contributed by atoms with Crippen molar-refractivity contribution >= 4 is 70.4 Å². The van der Waals surface area contributed by atoms with Gasteiger partial charge in [-0.05, 0) is 174 Å². The van der Waals surface area contributed by atoms with Gasteiger partial charge in [0, 0.05) is 22.7 Å². The smallest absolute Gasteiger partial charge is 0.359 e. The number of rotatable bonds is 18. The highest BCUT2D eigenvalue weighted by Crippen LogP contribution is 2.55. The maximum Gasteiger partial charge on any atom is 0.420 e. The minimum Gasteiger partial charge on any atom is -0.359 e. The van der Waals surface area contributed by atoms with E-state index in [1.807, 2.05) is 97.1 Å². The molecule has 2 aliphatic rings. The van der Waals surface area contributed by atoms with E-state index in [2.05, 4.69) is 130 Å². The van der Waals surface area contributed by atoms with Crippen LogP contribution in [0.15, 0.2) is 194 Å². The van der Waals surface area contributed by atoms with E-state index >= 15 is 0 Å². The first-order valence-electron chi connectivity index (χ1n) is 35.8. The molecule has 9 aromatic rings. The van der Waals surface area contributed by atoms with Crippen LogP contribution in [0.3, 0.4) is 0 Å². The monoisotopic (exact) mass is 1430 g/mol. The van der Waals surface area contributed by atoms with Gasteiger partial charge in [0.05, 0.1) is 45.0 Å². The summed E-state index contributed by atoms with van der Waals surface area (Å²) in [6, 6.07) is 52.1. The van der Waals surface area contributed by atoms with Crippen molar-refractivity contribution in [1.29, 1.82) is 0 Å². The molecule has 0 aromatic heterocycles. The zero-order chi connectivity index (χ0) is 75.7. The lowest BCUT2D eigenvalue weighted by Gasteiger charge is -2.39. The third kappa shape index (κ3) is 14.5. The van der Waals surface area contributed by atoms with Crippen LogP contribution in [0.25, 0.3) is 22.8 Å². The molecule has 0 atom stereocenters. The minimum atomic E-state index is -4.73. The average molecular weight is 1430 g/mol. The first-order valence-corrected chi connectivity index (χ1v) is 35.8. The summed E-state index contributed by atoms with van der Waals surface area (Å²) in [4.78, 5) is 8.72. The SMILES string of the molecule is CC(C)c1cccc(C(C)C)c1N1B(c2ccc(B3N(c4c(C(C)C)cccc4C(C)C)C(c4ccc(C(F)(F)F)cc4)=C(c4ccc(C(F)(F)F)cc4)N3c3c(C(C)C)cccc3C(C)C)cc2)N(c2c(C(C)C)cccc2C(C)C)C(c2ccc(C(F)(F)F)cc2)=C1c1ccc(C(F)(F)F)cc1. The molecular formula is C86H88B2F12N4. The molecular weight excluding hydrogens is 1340 g/mol. The Balaban J connectivity index is 1.33. The molecule has 104 heavy (non-hydrogen) atoms. The van der Waals surface area contributed by atoms with Gasteiger partial charge < -0.3 is 19.2 Å². The van der Waals surface area contributed by atoms with Crippen molar-refractivity contribution in [2.45, 2.75) is 183 Å². The molecule has 0 amide bonds. The molecule has 0 unspecified atom stereocenters. The molecule has 0 bridgehead atoms. The van der Waals surface area contributed by atoms with E-state index in [9.17, 15) is 52.7 Å². The lowest BCUT2D eigenvalue weighted by atomic mass is 9.59. The highest BCUT2D eigenvalue weighted by molar-refractivity contribution is 6.88. The summed E-state index contributed by atoms with van der Waals surface area (Å²) in [5.74, 6) is -1.36. The number of halogens is 12. The van der Waals surface area contributed by atoms with Crippen LogP contribution in [0, 0.1) is 0 Å². The van der Waals surface area contributed by atoms with E-state index in [1.54, 1.807) is 0 Å². The van der Waals surface area contributed by atoms with Crippen molar-refractivity contribution in [1.82, 2.24) is 0 Å². The van der Waals surface area contributed by atoms with Gasteiger partial charge >= 0.3 is 38.7 Å². The van der Waals surface area contributed by atoms with Crippen LogP contribution in [-0.4, -0.2) is 14.0 Å². The van der Waals surface area contributed by atoms with Crippen molar-refractivity contribution < 1.29 is 52.7 Å². The Labute approximate surface area is 605 Å². The highest BCUT2D eigenvalue weighted by Gasteiger charge is 2.53. The highest BCUT2D eigenvalue weighted by atomic mass is 19.4. The number of hydrogen-bond donors (Lipinski definition) is 0. The number of para-hydroxylation sites is 4. The Morgan fingerprint density at radius 3 is 0.481 bits per heavy atom. The summed E-state index contributed by atoms with van der Waals surface area (Å²) in [6.07, 6.45) is -18.9. The maximum absolute atomic E-state index is 14.9. The fourth-order valence-corrected chi connectivity index (χ4v) is 15.1. The maximum atomic E-state index is 14.9. The second kappa shape index (κ2) is 29.1. The summed E-state index contributed by atoms with van der Waals surface area (Å²) in [7, 11) is 0. The fourth-order valence-electron chi connectivity index (χ4n) is 15.1. The standard InChI is InChI=1S/C86H88B2F12N4/c1-49(2)67-21-17-22-68(50(3)4)79(67)101-75(57-29-37-61(38-30-57)83(89,90)91)76(58-31-39-62(40-32-58)84(92,93)94)102(80-69(51(5)6)23-18-24-70(80)52(7)8)87(101)65-45-47-66(48-46-65)88-103(81-71(53(9)10)25-19-26-72(81)54(11)12)77(59-33-41-63(42-34-59)85(95,96)97)78(60-35-43-64(44-36-60)86(98,99)100)104(88)82-73(55(13)14)27-20-28-74(82)56(15)16/h17-56H,1-16H3. The zero-order valence-electron chi connectivity index (χ0n) is 61.6. The van der Waals surface area contributed by atoms with Gasteiger partial charge in [-0.1, -0.05) is 256 Å². The first kappa shape index (κ1) is 76.1. The van der Waals surface area contributed by atoms with Gasteiger partial charge in [0.2, 0.25) is 0 Å². The van der Waals surface area contributed by atoms with Gasteiger partial charge in [-0.3, -0.25) is 0 Å². The lowest BCUT2D eigenvalue weighted by molar-refractivity contribution is -0.138. The fraction of sp³-hybridized carbons (Fsp3) is 0.326. The third-order valence-corrected chi connectivity index (χ3v) is 20.2. The van der Waals surface area contributed by atoms with Gasteiger partial charge in [0.1, 0.15) is 0 Å². The third-order valence-electron chi connectivity index (χ3n) is 20.2. The molecule has 11 rings (SSSR count). The van der Waals surface area contributed by atoms with Crippen molar-refractivity contribution in [3.05, 3.63) is 283 Å². The first-order chi connectivity index (χ1) is 48.8. The molecule has 2 heterocycles. The molecule has 4 nitrogen and oxygen atoms in total. The van der Waals surface area contributed by atoms with Crippen LogP contribution in [0.1, 0.15) is 247 Å². The van der Waals surface area contributed by atoms with E-state index in [4.69, 9.17) is 0 Å². The summed E-state index contributed by atoms with van der Waals surface area (Å²) >= 11 is 0. The number of nitrogens with zero attached hydrogens (tertiary/aromatic N) is 4. The zero-order valence-corrected chi connectivity index (χ0v) is 61.6. The molecule has 0 N–H and O–H groups in total. The Bertz CT molecular complexity index is 3970. The molecule has 0 fully saturated rings. The summed E-state index contributed by atoms with van der Waals surface area (Å²) in [5.41, 5.74) is 10.9. The van der Waals surface area contributed by atoms with Gasteiger partial charge in [0.25, 0.3) is 0 Å². The Hall–Kier alpha value is -9.05. The van der Waals surface area contributed by atoms with Gasteiger partial charge in [0.15, 0.2) is 0 Å². The van der Waals surface area contributed by atoms with E-state index in [0.29, 0.717) is 56.0 Å². The molecule has 9 aromatic carbocycles. The number of benzene rings is 9. The summed E-state index contributed by atoms with van der Waals surface area (Å²) < 4.78 is 179. The largest absolute Gasteiger partial charge is 0.420 e.